The molecule has 9 heteroatoms. The van der Waals surface area contributed by atoms with Gasteiger partial charge in [0.1, 0.15) is 5.82 Å². The smallest absolute Gasteiger partial charge is 0.226 e. The summed E-state index contributed by atoms with van der Waals surface area (Å²) in [5.41, 5.74) is 1.70. The Morgan fingerprint density at radius 1 is 1.00 bits per heavy atom. The molecule has 6 aliphatic rings. The molecule has 0 bridgehead atoms. The maximum Gasteiger partial charge on any atom is 0.226 e. The molecule has 288 valence electrons. The maximum atomic E-state index is 15.0. The monoisotopic (exact) mass is 738 g/mol. The van der Waals surface area contributed by atoms with Gasteiger partial charge in [-0.3, -0.25) is 4.79 Å². The number of benzene rings is 1. The van der Waals surface area contributed by atoms with Crippen LogP contribution in [0.5, 0.6) is 0 Å². The lowest BCUT2D eigenvalue weighted by atomic mass is 9.32. The van der Waals surface area contributed by atoms with Crippen LogP contribution in [0.2, 0.25) is 0 Å². The fourth-order valence-electron chi connectivity index (χ4n) is 14.0. The molecule has 7 nitrogen and oxygen atoms in total. The zero-order valence-corrected chi connectivity index (χ0v) is 33.0. The zero-order chi connectivity index (χ0) is 37.5. The number of aliphatic hydroxyl groups excluding tert-OH is 1. The van der Waals surface area contributed by atoms with E-state index in [1.54, 1.807) is 0 Å². The van der Waals surface area contributed by atoms with Crippen molar-refractivity contribution in [3.8, 4) is 0 Å². The summed E-state index contributed by atoms with van der Waals surface area (Å²) in [6.45, 7) is 19.3. The van der Waals surface area contributed by atoms with Gasteiger partial charge in [-0.2, -0.15) is 0 Å². The van der Waals surface area contributed by atoms with Crippen molar-refractivity contribution in [2.75, 3.05) is 37.7 Å². The normalized spacial score (nSPS) is 40.9. The minimum atomic E-state index is -2.90. The Labute approximate surface area is 311 Å². The second-order valence-electron chi connectivity index (χ2n) is 19.0. The predicted molar refractivity (Wildman–Crippen MR) is 204 cm³/mol. The molecule has 1 saturated heterocycles. The first-order valence-corrected chi connectivity index (χ1v) is 22.0. The van der Waals surface area contributed by atoms with E-state index in [1.807, 2.05) is 6.07 Å². The molecule has 0 aromatic heterocycles. The SMILES string of the molecule is C=C[C@@H]1CC[C@]2(C(=O)NCCCN3CCS(=O)(=O)CC3)CC[C@]3(C)[C@H](CC[C@@H]4[C@@]5(C)CC=C(c6ccc(C(O)O)c(F)c6)C(C)(C)[C@@H]5CC[C@]43C)[C@@H]12. The minimum absolute atomic E-state index is 0.0890. The first kappa shape index (κ1) is 38.2. The molecule has 1 aliphatic heterocycles. The molecule has 1 aromatic rings. The van der Waals surface area contributed by atoms with Crippen LogP contribution in [0, 0.1) is 62.5 Å². The third kappa shape index (κ3) is 5.80. The Bertz CT molecular complexity index is 1710. The number of carbonyl (C=O) groups is 1. The number of hydrogen-bond donors (Lipinski definition) is 3. The molecule has 52 heavy (non-hydrogen) atoms. The van der Waals surface area contributed by atoms with Gasteiger partial charge in [0, 0.05) is 25.2 Å². The molecule has 0 spiro atoms. The number of carbonyl (C=O) groups excluding carboxylic acids is 1. The van der Waals surface area contributed by atoms with E-state index < -0.39 is 21.9 Å². The van der Waals surface area contributed by atoms with Gasteiger partial charge in [0.05, 0.1) is 16.9 Å². The average molecular weight is 739 g/mol. The van der Waals surface area contributed by atoms with E-state index in [1.165, 1.54) is 12.1 Å². The van der Waals surface area contributed by atoms with Gasteiger partial charge < -0.3 is 20.4 Å². The van der Waals surface area contributed by atoms with E-state index >= 15 is 0 Å². The summed E-state index contributed by atoms with van der Waals surface area (Å²) in [6, 6.07) is 4.84. The Balaban J connectivity index is 1.11. The lowest BCUT2D eigenvalue weighted by Crippen LogP contribution is -2.66. The Hall–Kier alpha value is -2.07. The van der Waals surface area contributed by atoms with Crippen molar-refractivity contribution in [3.05, 3.63) is 53.9 Å². The number of amides is 1. The number of aliphatic hydroxyl groups is 2. The van der Waals surface area contributed by atoms with Crippen LogP contribution in [0.15, 0.2) is 36.9 Å². The third-order valence-corrected chi connectivity index (χ3v) is 18.4. The Morgan fingerprint density at radius 2 is 1.73 bits per heavy atom. The van der Waals surface area contributed by atoms with Crippen molar-refractivity contribution in [1.82, 2.24) is 10.2 Å². The molecule has 1 aromatic carbocycles. The summed E-state index contributed by atoms with van der Waals surface area (Å²) in [4.78, 5) is 16.6. The topological polar surface area (TPSA) is 107 Å². The highest BCUT2D eigenvalue weighted by atomic mass is 32.2. The molecule has 7 rings (SSSR count). The van der Waals surface area contributed by atoms with Gasteiger partial charge in [0.25, 0.3) is 0 Å². The van der Waals surface area contributed by atoms with Crippen molar-refractivity contribution in [2.24, 2.45) is 56.7 Å². The number of nitrogens with one attached hydrogen (secondary N) is 1. The summed E-state index contributed by atoms with van der Waals surface area (Å²) >= 11 is 0. The van der Waals surface area contributed by atoms with Crippen LogP contribution in [-0.2, 0) is 14.6 Å². The highest BCUT2D eigenvalue weighted by Crippen LogP contribution is 2.77. The van der Waals surface area contributed by atoms with Crippen LogP contribution in [0.1, 0.15) is 116 Å². The Kier molecular flexibility index (Phi) is 9.77. The zero-order valence-electron chi connectivity index (χ0n) is 32.2. The molecule has 0 unspecified atom stereocenters. The summed E-state index contributed by atoms with van der Waals surface area (Å²) in [5.74, 6) is 2.18. The summed E-state index contributed by atoms with van der Waals surface area (Å²) < 4.78 is 38.7. The number of rotatable bonds is 8. The molecule has 0 radical (unpaired) electrons. The molecule has 5 fully saturated rings. The van der Waals surface area contributed by atoms with E-state index in [-0.39, 0.29) is 50.1 Å². The number of halogens is 1. The van der Waals surface area contributed by atoms with Crippen LogP contribution in [-0.4, -0.2) is 67.1 Å². The second kappa shape index (κ2) is 13.3. The number of sulfone groups is 1. The molecule has 9 atom stereocenters. The van der Waals surface area contributed by atoms with Crippen LogP contribution < -0.4 is 5.32 Å². The maximum absolute atomic E-state index is 15.0. The van der Waals surface area contributed by atoms with Gasteiger partial charge in [0.2, 0.25) is 5.91 Å². The molecular weight excluding hydrogens is 676 g/mol. The van der Waals surface area contributed by atoms with Crippen molar-refractivity contribution >= 4 is 21.3 Å². The standard InChI is InChI=1S/C43H63FN2O5S/c1-7-28-13-18-43(38(49)45-21-8-22-46-23-25-52(50,51)26-24-46)20-19-41(5)32(36(28)43)11-12-35-40(4)16-14-31(29-9-10-30(37(47)48)33(44)27-29)39(2,3)34(40)15-17-42(35,41)6/h7,9-10,14,27-28,32,34-37,47-48H,1,8,11-13,15-26H2,2-6H3,(H,45,49)/t28-,32-,34+,35-,36-,40+,41-,42-,43+/m1/s1. The average Bonchev–Trinajstić information content (AvgIpc) is 3.47. The van der Waals surface area contributed by atoms with Crippen LogP contribution >= 0.6 is 0 Å². The van der Waals surface area contributed by atoms with Gasteiger partial charge in [-0.25, -0.2) is 12.8 Å². The van der Waals surface area contributed by atoms with Gasteiger partial charge in [-0.05, 0) is 139 Å². The molecule has 1 amide bonds. The first-order valence-electron chi connectivity index (χ1n) is 20.1. The van der Waals surface area contributed by atoms with E-state index in [0.29, 0.717) is 49.2 Å². The fourth-order valence-corrected chi connectivity index (χ4v) is 15.2. The summed E-state index contributed by atoms with van der Waals surface area (Å²) in [6.07, 6.45) is 13.0. The second-order valence-corrected chi connectivity index (χ2v) is 21.3. The van der Waals surface area contributed by atoms with Crippen molar-refractivity contribution in [2.45, 2.75) is 105 Å². The number of fused-ring (bicyclic) bond motifs is 7. The number of hydrogen-bond acceptors (Lipinski definition) is 6. The Morgan fingerprint density at radius 3 is 2.40 bits per heavy atom. The summed E-state index contributed by atoms with van der Waals surface area (Å²) in [5, 5.41) is 22.6. The summed E-state index contributed by atoms with van der Waals surface area (Å²) in [7, 11) is -2.90. The van der Waals surface area contributed by atoms with Gasteiger partial charge >= 0.3 is 0 Å². The first-order chi connectivity index (χ1) is 24.4. The van der Waals surface area contributed by atoms with Crippen molar-refractivity contribution in [3.63, 3.8) is 0 Å². The predicted octanol–water partition coefficient (Wildman–Crippen LogP) is 7.31. The van der Waals surface area contributed by atoms with Crippen molar-refractivity contribution < 1.29 is 27.8 Å². The van der Waals surface area contributed by atoms with Crippen LogP contribution in [0.3, 0.4) is 0 Å². The van der Waals surface area contributed by atoms with Gasteiger partial charge in [-0.15, -0.1) is 6.58 Å². The quantitative estimate of drug-likeness (QED) is 0.147. The minimum Gasteiger partial charge on any atom is -0.364 e. The lowest BCUT2D eigenvalue weighted by Gasteiger charge is -2.72. The molecule has 1 heterocycles. The highest BCUT2D eigenvalue weighted by Gasteiger charge is 2.71. The molecule has 5 aliphatic carbocycles. The largest absolute Gasteiger partial charge is 0.364 e. The number of nitrogens with zero attached hydrogens (tertiary/aromatic N) is 1. The van der Waals surface area contributed by atoms with Gasteiger partial charge in [-0.1, -0.05) is 58.9 Å². The van der Waals surface area contributed by atoms with Gasteiger partial charge in [0.15, 0.2) is 16.1 Å². The lowest BCUT2D eigenvalue weighted by molar-refractivity contribution is -0.224. The third-order valence-electron chi connectivity index (χ3n) is 16.8. The van der Waals surface area contributed by atoms with E-state index in [4.69, 9.17) is 0 Å². The van der Waals surface area contributed by atoms with Crippen molar-refractivity contribution in [1.29, 1.82) is 0 Å². The van der Waals surface area contributed by atoms with Crippen LogP contribution in [0.25, 0.3) is 5.57 Å². The number of allylic oxidation sites excluding steroid dienone is 3. The van der Waals surface area contributed by atoms with E-state index in [0.717, 1.165) is 81.9 Å². The fraction of sp³-hybridized carbons (Fsp3) is 0.744. The highest BCUT2D eigenvalue weighted by molar-refractivity contribution is 7.91. The van der Waals surface area contributed by atoms with E-state index in [9.17, 15) is 27.8 Å². The molecular formula is C43H63FN2O5S. The van der Waals surface area contributed by atoms with E-state index in [2.05, 4.69) is 63.6 Å². The molecule has 4 saturated carbocycles. The van der Waals surface area contributed by atoms with Crippen LogP contribution in [0.4, 0.5) is 4.39 Å². The molecule has 3 N–H and O–H groups in total.